The molecule has 1 aromatic carbocycles. The lowest BCUT2D eigenvalue weighted by Crippen LogP contribution is -2.65. The highest BCUT2D eigenvalue weighted by Gasteiger charge is 2.48. The van der Waals surface area contributed by atoms with Crippen LogP contribution in [0.15, 0.2) is 24.3 Å². The van der Waals surface area contributed by atoms with Crippen molar-refractivity contribution < 1.29 is 14.3 Å². The lowest BCUT2D eigenvalue weighted by molar-refractivity contribution is -0.147. The second-order valence-electron chi connectivity index (χ2n) is 9.81. The molecule has 30 heavy (non-hydrogen) atoms. The van der Waals surface area contributed by atoms with Gasteiger partial charge in [-0.3, -0.25) is 9.69 Å². The van der Waals surface area contributed by atoms with Crippen molar-refractivity contribution in [1.82, 2.24) is 9.80 Å². The Balaban J connectivity index is 1.37. The first-order valence-electron chi connectivity index (χ1n) is 12.0. The van der Waals surface area contributed by atoms with Crippen molar-refractivity contribution in [2.45, 2.75) is 57.0 Å². The summed E-state index contributed by atoms with van der Waals surface area (Å²) in [5.74, 6) is 2.74. The molecule has 4 aliphatic rings. The first-order chi connectivity index (χ1) is 14.7. The normalized spacial score (nSPS) is 32.5. The number of carbonyl (C=O) groups excluding carboxylic acids is 1. The zero-order valence-corrected chi connectivity index (χ0v) is 18.3. The minimum absolute atomic E-state index is 0.178. The smallest absolute Gasteiger partial charge is 0.225 e. The van der Waals surface area contributed by atoms with Gasteiger partial charge in [-0.15, -0.1) is 0 Å². The summed E-state index contributed by atoms with van der Waals surface area (Å²) in [5.41, 5.74) is 1.36. The first-order valence-corrected chi connectivity index (χ1v) is 12.0. The van der Waals surface area contributed by atoms with Crippen molar-refractivity contribution in [3.05, 3.63) is 29.8 Å². The van der Waals surface area contributed by atoms with Gasteiger partial charge in [-0.05, 0) is 74.6 Å². The Labute approximate surface area is 180 Å². The number of piperidine rings is 3. The number of rotatable bonds is 4. The molecule has 5 heteroatoms. The van der Waals surface area contributed by atoms with E-state index < -0.39 is 0 Å². The van der Waals surface area contributed by atoms with Gasteiger partial charge in [-0.2, -0.15) is 0 Å². The molecule has 4 saturated heterocycles. The molecule has 164 valence electrons. The molecule has 0 unspecified atom stereocenters. The summed E-state index contributed by atoms with van der Waals surface area (Å²) < 4.78 is 11.0. The van der Waals surface area contributed by atoms with Crippen LogP contribution in [0.25, 0.3) is 0 Å². The average Bonchev–Trinajstić information content (AvgIpc) is 2.82. The van der Waals surface area contributed by atoms with E-state index in [-0.39, 0.29) is 5.92 Å². The zero-order chi connectivity index (χ0) is 20.5. The van der Waals surface area contributed by atoms with Gasteiger partial charge in [0.2, 0.25) is 5.91 Å². The summed E-state index contributed by atoms with van der Waals surface area (Å²) in [6.45, 7) is 4.61. The van der Waals surface area contributed by atoms with Gasteiger partial charge in [-0.1, -0.05) is 18.6 Å². The summed E-state index contributed by atoms with van der Waals surface area (Å²) in [4.78, 5) is 18.4. The molecule has 0 aromatic heterocycles. The van der Waals surface area contributed by atoms with E-state index in [4.69, 9.17) is 9.47 Å². The van der Waals surface area contributed by atoms with Crippen molar-refractivity contribution in [1.29, 1.82) is 0 Å². The number of ether oxygens (including phenoxy) is 2. The SMILES string of the molecule is COc1cccc(C[C@H]2[C@H]3C[C@H](CN(C(=O)C4CCOCC4)C3)[C@@H]3CCCCN32)c1. The number of methoxy groups -OCH3 is 1. The van der Waals surface area contributed by atoms with Gasteiger partial charge in [-0.25, -0.2) is 0 Å². The Morgan fingerprint density at radius 1 is 1.13 bits per heavy atom. The predicted molar refractivity (Wildman–Crippen MR) is 117 cm³/mol. The zero-order valence-electron chi connectivity index (χ0n) is 18.3. The minimum Gasteiger partial charge on any atom is -0.497 e. The number of carbonyl (C=O) groups is 1. The molecule has 4 atom stereocenters. The van der Waals surface area contributed by atoms with E-state index in [1.54, 1.807) is 7.11 Å². The molecule has 0 saturated carbocycles. The summed E-state index contributed by atoms with van der Waals surface area (Å²) in [6.07, 6.45) is 8.08. The van der Waals surface area contributed by atoms with Gasteiger partial charge in [0, 0.05) is 44.3 Å². The molecule has 4 aliphatic heterocycles. The van der Waals surface area contributed by atoms with Gasteiger partial charge in [0.25, 0.3) is 0 Å². The molecule has 4 heterocycles. The van der Waals surface area contributed by atoms with Crippen LogP contribution in [-0.2, 0) is 16.0 Å². The van der Waals surface area contributed by atoms with Crippen LogP contribution in [0.1, 0.15) is 44.1 Å². The highest BCUT2D eigenvalue weighted by atomic mass is 16.5. The quantitative estimate of drug-likeness (QED) is 0.761. The molecule has 5 nitrogen and oxygen atoms in total. The van der Waals surface area contributed by atoms with E-state index in [0.717, 1.165) is 51.3 Å². The molecule has 0 radical (unpaired) electrons. The van der Waals surface area contributed by atoms with Crippen LogP contribution in [0.4, 0.5) is 0 Å². The summed E-state index contributed by atoms with van der Waals surface area (Å²) in [5, 5.41) is 0. The molecule has 2 bridgehead atoms. The maximum absolute atomic E-state index is 13.3. The molecule has 1 amide bonds. The number of amides is 1. The highest BCUT2D eigenvalue weighted by molar-refractivity contribution is 5.79. The summed E-state index contributed by atoms with van der Waals surface area (Å²) >= 11 is 0. The van der Waals surface area contributed by atoms with E-state index in [1.807, 2.05) is 6.07 Å². The Bertz CT molecular complexity index is 748. The number of likely N-dealkylation sites (tertiary alicyclic amines) is 1. The van der Waals surface area contributed by atoms with Crippen molar-refractivity contribution in [2.75, 3.05) is 40.0 Å². The third kappa shape index (κ3) is 3.99. The van der Waals surface area contributed by atoms with Gasteiger partial charge in [0.15, 0.2) is 0 Å². The Kier molecular flexibility index (Phi) is 6.01. The Hall–Kier alpha value is -1.59. The average molecular weight is 413 g/mol. The largest absolute Gasteiger partial charge is 0.497 e. The van der Waals surface area contributed by atoms with Crippen LogP contribution in [0, 0.1) is 17.8 Å². The third-order valence-electron chi connectivity index (χ3n) is 8.08. The van der Waals surface area contributed by atoms with Crippen LogP contribution in [0.5, 0.6) is 5.75 Å². The van der Waals surface area contributed by atoms with Crippen LogP contribution in [-0.4, -0.2) is 67.7 Å². The van der Waals surface area contributed by atoms with E-state index in [1.165, 1.54) is 37.8 Å². The second kappa shape index (κ2) is 8.88. The number of fused-ring (bicyclic) bond motifs is 4. The van der Waals surface area contributed by atoms with E-state index in [0.29, 0.717) is 29.8 Å². The van der Waals surface area contributed by atoms with Gasteiger partial charge >= 0.3 is 0 Å². The number of hydrogen-bond donors (Lipinski definition) is 0. The van der Waals surface area contributed by atoms with Gasteiger partial charge in [0.05, 0.1) is 7.11 Å². The van der Waals surface area contributed by atoms with Crippen molar-refractivity contribution in [3.63, 3.8) is 0 Å². The van der Waals surface area contributed by atoms with E-state index >= 15 is 0 Å². The van der Waals surface area contributed by atoms with Gasteiger partial charge < -0.3 is 14.4 Å². The molecule has 0 spiro atoms. The number of benzene rings is 1. The van der Waals surface area contributed by atoms with Crippen molar-refractivity contribution in [3.8, 4) is 5.75 Å². The molecule has 0 N–H and O–H groups in total. The number of hydrogen-bond acceptors (Lipinski definition) is 4. The highest BCUT2D eigenvalue weighted by Crippen LogP contribution is 2.42. The van der Waals surface area contributed by atoms with Crippen LogP contribution < -0.4 is 4.74 Å². The molecule has 1 aromatic rings. The molecular formula is C25H36N2O3. The second-order valence-corrected chi connectivity index (χ2v) is 9.81. The fourth-order valence-corrected chi connectivity index (χ4v) is 6.61. The van der Waals surface area contributed by atoms with Crippen LogP contribution in [0.2, 0.25) is 0 Å². The van der Waals surface area contributed by atoms with Crippen LogP contribution in [0.3, 0.4) is 0 Å². The van der Waals surface area contributed by atoms with E-state index in [2.05, 4.69) is 28.0 Å². The van der Waals surface area contributed by atoms with Gasteiger partial charge in [0.1, 0.15) is 5.75 Å². The fraction of sp³-hybridized carbons (Fsp3) is 0.720. The fourth-order valence-electron chi connectivity index (χ4n) is 6.61. The molecule has 4 fully saturated rings. The minimum atomic E-state index is 0.178. The third-order valence-corrected chi connectivity index (χ3v) is 8.08. The maximum Gasteiger partial charge on any atom is 0.225 e. The predicted octanol–water partition coefficient (Wildman–Crippen LogP) is 3.37. The Morgan fingerprint density at radius 2 is 1.97 bits per heavy atom. The lowest BCUT2D eigenvalue weighted by atomic mass is 9.70. The molecule has 0 aliphatic carbocycles. The van der Waals surface area contributed by atoms with Crippen molar-refractivity contribution in [2.24, 2.45) is 17.8 Å². The Morgan fingerprint density at radius 3 is 2.80 bits per heavy atom. The topological polar surface area (TPSA) is 42.0 Å². The molecular weight excluding hydrogens is 376 g/mol. The maximum atomic E-state index is 13.3. The monoisotopic (exact) mass is 412 g/mol. The van der Waals surface area contributed by atoms with Crippen molar-refractivity contribution >= 4 is 5.91 Å². The summed E-state index contributed by atoms with van der Waals surface area (Å²) in [6, 6.07) is 9.74. The van der Waals surface area contributed by atoms with Crippen LogP contribution >= 0.6 is 0 Å². The first kappa shape index (κ1) is 20.3. The lowest BCUT2D eigenvalue weighted by Gasteiger charge is -2.57. The van der Waals surface area contributed by atoms with E-state index in [9.17, 15) is 4.79 Å². The molecule has 5 rings (SSSR count). The summed E-state index contributed by atoms with van der Waals surface area (Å²) in [7, 11) is 1.74. The number of nitrogens with zero attached hydrogens (tertiary/aromatic N) is 2. The standard InChI is InChI=1S/C25H36N2O3/c1-29-22-6-4-5-18(13-22)14-24-21-15-20(23-7-2-3-10-27(23)24)16-26(17-21)25(28)19-8-11-30-12-9-19/h4-6,13,19-21,23-24H,2-3,7-12,14-17H2,1H3/t20-,21+,23+,24+/m1/s1.